The first-order valence-corrected chi connectivity index (χ1v) is 16.1. The Bertz CT molecular complexity index is 1590. The van der Waals surface area contributed by atoms with E-state index in [1.54, 1.807) is 0 Å². The van der Waals surface area contributed by atoms with Gasteiger partial charge in [-0.2, -0.15) is 0 Å². The molecule has 20 heteroatoms. The van der Waals surface area contributed by atoms with E-state index in [9.17, 15) is 66.4 Å². The van der Waals surface area contributed by atoms with Gasteiger partial charge in [0.25, 0.3) is 0 Å². The quantitative estimate of drug-likeness (QED) is 0.108. The summed E-state index contributed by atoms with van der Waals surface area (Å²) >= 11 is 0. The van der Waals surface area contributed by atoms with Gasteiger partial charge in [-0.3, -0.25) is 0 Å². The van der Waals surface area contributed by atoms with Gasteiger partial charge in [-0.1, -0.05) is 6.07 Å². The highest BCUT2D eigenvalue weighted by atomic mass is 16.8. The van der Waals surface area contributed by atoms with E-state index in [1.165, 1.54) is 18.2 Å². The third-order valence-corrected chi connectivity index (χ3v) is 9.09. The fourth-order valence-electron chi connectivity index (χ4n) is 6.13. The van der Waals surface area contributed by atoms with Gasteiger partial charge >= 0.3 is 0 Å². The first kappa shape index (κ1) is 38.2. The average molecular weight is 745 g/mol. The summed E-state index contributed by atoms with van der Waals surface area (Å²) in [4.78, 5) is 0. The number of aliphatic hydroxyl groups excluding tert-OH is 10. The van der Waals surface area contributed by atoms with Crippen LogP contribution in [0.1, 0.15) is 17.2 Å². The third kappa shape index (κ3) is 7.31. The monoisotopic (exact) mass is 744 g/mol. The van der Waals surface area contributed by atoms with Gasteiger partial charge in [0.1, 0.15) is 84.0 Å². The van der Waals surface area contributed by atoms with E-state index in [2.05, 4.69) is 0 Å². The Morgan fingerprint density at radius 1 is 0.654 bits per heavy atom. The van der Waals surface area contributed by atoms with Gasteiger partial charge in [0.15, 0.2) is 30.0 Å². The number of ether oxygens (including phenoxy) is 7. The van der Waals surface area contributed by atoms with Gasteiger partial charge in [0.05, 0.1) is 25.4 Å². The molecule has 3 fully saturated rings. The number of benzene rings is 2. The van der Waals surface area contributed by atoms with Crippen molar-refractivity contribution in [2.45, 2.75) is 92.1 Å². The molecule has 13 N–H and O–H groups in total. The number of fused-ring (bicyclic) bond motifs is 1. The van der Waals surface area contributed by atoms with E-state index in [0.717, 1.165) is 18.2 Å². The van der Waals surface area contributed by atoms with Crippen LogP contribution in [0.4, 0.5) is 0 Å². The summed E-state index contributed by atoms with van der Waals surface area (Å²) < 4.78 is 40.4. The Hall–Kier alpha value is -3.58. The molecule has 52 heavy (non-hydrogen) atoms. The van der Waals surface area contributed by atoms with E-state index in [4.69, 9.17) is 33.2 Å². The summed E-state index contributed by atoms with van der Waals surface area (Å²) in [6.07, 6.45) is -23.8. The van der Waals surface area contributed by atoms with Crippen molar-refractivity contribution in [1.29, 1.82) is 0 Å². The Kier molecular flexibility index (Phi) is 11.3. The number of phenolic OH excluding ortho intramolecular Hbond substituents is 3. The van der Waals surface area contributed by atoms with Crippen LogP contribution in [0.5, 0.6) is 28.7 Å². The van der Waals surface area contributed by atoms with E-state index >= 15 is 0 Å². The van der Waals surface area contributed by atoms with Crippen LogP contribution < -0.4 is 9.47 Å². The largest absolute Gasteiger partial charge is 0.508 e. The van der Waals surface area contributed by atoms with Crippen molar-refractivity contribution in [3.63, 3.8) is 0 Å². The predicted molar refractivity (Wildman–Crippen MR) is 165 cm³/mol. The second-order valence-corrected chi connectivity index (χ2v) is 12.6. The maximum atomic E-state index is 11.1. The zero-order valence-electron chi connectivity index (χ0n) is 26.9. The van der Waals surface area contributed by atoms with Crippen molar-refractivity contribution in [2.24, 2.45) is 0 Å². The van der Waals surface area contributed by atoms with Gasteiger partial charge < -0.3 is 99.5 Å². The summed E-state index contributed by atoms with van der Waals surface area (Å²) in [6, 6.07) is 5.86. The summed E-state index contributed by atoms with van der Waals surface area (Å²) in [5.41, 5.74) is 0.141. The lowest BCUT2D eigenvalue weighted by Crippen LogP contribution is -2.63. The van der Waals surface area contributed by atoms with E-state index in [-0.39, 0.29) is 28.4 Å². The number of hydrogen-bond donors (Lipinski definition) is 13. The van der Waals surface area contributed by atoms with Crippen LogP contribution in [-0.4, -0.2) is 172 Å². The molecule has 0 aliphatic carbocycles. The smallest absolute Gasteiger partial charge is 0.229 e. The maximum Gasteiger partial charge on any atom is 0.229 e. The van der Waals surface area contributed by atoms with Crippen LogP contribution in [0, 0.1) is 0 Å². The van der Waals surface area contributed by atoms with Crippen molar-refractivity contribution in [3.8, 4) is 28.7 Å². The van der Waals surface area contributed by atoms with Crippen molar-refractivity contribution in [2.75, 3.05) is 19.8 Å². The Morgan fingerprint density at radius 2 is 1.31 bits per heavy atom. The SMILES string of the molecule is OC[C@@H]1O[C@@H](OC2=Cc3c(cc(O)cc3O[C@@H]3O[C@H](CO)[C@@H](O)[C@H](O)[C@H]3O)OC2c2ccc(O)c(O)c2)[C@H](O[C@H]2OC[C@H](O)[C@H](O)[C@@H]2O)[C@@H](O)[C@@H]1O. The fourth-order valence-corrected chi connectivity index (χ4v) is 6.13. The first-order valence-electron chi connectivity index (χ1n) is 16.1. The molecule has 0 bridgehead atoms. The molecule has 3 saturated heterocycles. The normalized spacial score (nSPS) is 39.2. The molecule has 0 spiro atoms. The number of rotatable bonds is 9. The summed E-state index contributed by atoms with van der Waals surface area (Å²) in [5.74, 6) is -2.02. The molecule has 0 radical (unpaired) electrons. The standard InChI is InChI=1S/C32H40O20/c33-7-19-22(40)24(42)27(45)31(50-19)48-17-5-11(35)4-16-12(17)6-18(28(47-16)10-1-2-13(36)14(37)3-10)49-32-29(25(43)23(41)20(8-34)51-32)52-30-26(44)21(39)15(38)9-46-30/h1-6,15,19-45H,7-9H2/t15-,19+,20-,21-,22+,23+,24-,25-,26-,27+,28?,29+,30+,31+,32+/m0/s1. The second kappa shape index (κ2) is 15.4. The first-order chi connectivity index (χ1) is 24.7. The lowest BCUT2D eigenvalue weighted by molar-refractivity contribution is -0.352. The van der Waals surface area contributed by atoms with Gasteiger partial charge in [-0.25, -0.2) is 0 Å². The molecule has 0 saturated carbocycles. The predicted octanol–water partition coefficient (Wildman–Crippen LogP) is -4.26. The van der Waals surface area contributed by atoms with E-state index in [1.807, 2.05) is 0 Å². The molecule has 6 rings (SSSR count). The molecule has 4 heterocycles. The minimum absolute atomic E-state index is 0.000254. The van der Waals surface area contributed by atoms with Crippen molar-refractivity contribution in [3.05, 3.63) is 47.2 Å². The molecule has 4 aliphatic rings. The molecule has 20 nitrogen and oxygen atoms in total. The Morgan fingerprint density at radius 3 is 1.98 bits per heavy atom. The van der Waals surface area contributed by atoms with E-state index in [0.29, 0.717) is 0 Å². The number of phenols is 3. The fraction of sp³-hybridized carbons (Fsp3) is 0.562. The third-order valence-electron chi connectivity index (χ3n) is 9.09. The van der Waals surface area contributed by atoms with Crippen LogP contribution >= 0.6 is 0 Å². The zero-order valence-corrected chi connectivity index (χ0v) is 26.9. The number of aliphatic hydroxyl groups is 10. The average Bonchev–Trinajstić information content (AvgIpc) is 3.12. The summed E-state index contributed by atoms with van der Waals surface area (Å²) in [7, 11) is 0. The topological polar surface area (TPSA) is 328 Å². The molecule has 4 aliphatic heterocycles. The van der Waals surface area contributed by atoms with E-state index < -0.39 is 129 Å². The van der Waals surface area contributed by atoms with Crippen LogP contribution in [0.15, 0.2) is 36.1 Å². The number of aromatic hydroxyl groups is 3. The van der Waals surface area contributed by atoms with Crippen molar-refractivity contribution < 1.29 is 99.5 Å². The summed E-state index contributed by atoms with van der Waals surface area (Å²) in [6.45, 7) is -2.05. The lowest BCUT2D eigenvalue weighted by Gasteiger charge is -2.45. The van der Waals surface area contributed by atoms with Gasteiger partial charge in [0.2, 0.25) is 12.6 Å². The molecule has 15 atom stereocenters. The highest BCUT2D eigenvalue weighted by Crippen LogP contribution is 2.46. The molecule has 0 aromatic heterocycles. The highest BCUT2D eigenvalue weighted by molar-refractivity contribution is 5.70. The maximum absolute atomic E-state index is 11.1. The minimum Gasteiger partial charge on any atom is -0.508 e. The zero-order chi connectivity index (χ0) is 37.6. The highest BCUT2D eigenvalue weighted by Gasteiger charge is 2.51. The molecule has 2 aromatic carbocycles. The second-order valence-electron chi connectivity index (χ2n) is 12.6. The summed E-state index contributed by atoms with van der Waals surface area (Å²) in [5, 5.41) is 134. The Balaban J connectivity index is 1.39. The minimum atomic E-state index is -1.88. The Labute approximate surface area is 293 Å². The van der Waals surface area contributed by atoms with Crippen molar-refractivity contribution in [1.82, 2.24) is 0 Å². The molecule has 1 unspecified atom stereocenters. The number of hydrogen-bond acceptors (Lipinski definition) is 20. The van der Waals surface area contributed by atoms with Crippen molar-refractivity contribution >= 4 is 6.08 Å². The van der Waals surface area contributed by atoms with Crippen LogP contribution in [0.2, 0.25) is 0 Å². The molecule has 288 valence electrons. The van der Waals surface area contributed by atoms with Crippen LogP contribution in [-0.2, 0) is 23.7 Å². The van der Waals surface area contributed by atoms with Gasteiger partial charge in [0, 0.05) is 17.7 Å². The molecular formula is C32H40O20. The molecule has 0 amide bonds. The van der Waals surface area contributed by atoms with Crippen LogP contribution in [0.3, 0.4) is 0 Å². The lowest BCUT2D eigenvalue weighted by atomic mass is 9.97. The van der Waals surface area contributed by atoms with Gasteiger partial charge in [-0.05, 0) is 18.2 Å². The molecular weight excluding hydrogens is 704 g/mol. The van der Waals surface area contributed by atoms with Gasteiger partial charge in [-0.15, -0.1) is 0 Å². The molecule has 2 aromatic rings. The van der Waals surface area contributed by atoms with Crippen LogP contribution in [0.25, 0.3) is 6.08 Å².